The van der Waals surface area contributed by atoms with Crippen LogP contribution >= 0.6 is 15.9 Å². The van der Waals surface area contributed by atoms with E-state index in [1.165, 1.54) is 18.2 Å². The van der Waals surface area contributed by atoms with Crippen LogP contribution in [0.4, 0.5) is 4.39 Å². The van der Waals surface area contributed by atoms with Crippen molar-refractivity contribution < 1.29 is 14.3 Å². The molecule has 1 N–H and O–H groups in total. The number of β-amino-alcohol motifs (C(OH)–C–C–N with tert-alkyl or cyclic N) is 1. The van der Waals surface area contributed by atoms with Gasteiger partial charge in [-0.15, -0.1) is 0 Å². The van der Waals surface area contributed by atoms with Crippen LogP contribution in [0.5, 0.6) is 0 Å². The maximum absolute atomic E-state index is 13.4. The van der Waals surface area contributed by atoms with Gasteiger partial charge in [-0.25, -0.2) is 4.39 Å². The molecule has 1 fully saturated rings. The van der Waals surface area contributed by atoms with Gasteiger partial charge >= 0.3 is 0 Å². The van der Waals surface area contributed by atoms with Gasteiger partial charge in [-0.3, -0.25) is 4.79 Å². The van der Waals surface area contributed by atoms with Gasteiger partial charge in [0, 0.05) is 29.2 Å². The van der Waals surface area contributed by atoms with Crippen LogP contribution in [-0.2, 0) is 4.79 Å². The summed E-state index contributed by atoms with van der Waals surface area (Å²) in [5.41, 5.74) is 0.359. The Kier molecular flexibility index (Phi) is 4.14. The molecule has 0 spiro atoms. The van der Waals surface area contributed by atoms with E-state index in [9.17, 15) is 14.3 Å². The Morgan fingerprint density at radius 2 is 2.33 bits per heavy atom. The lowest BCUT2D eigenvalue weighted by Crippen LogP contribution is -2.27. The zero-order valence-electron chi connectivity index (χ0n) is 9.64. The third kappa shape index (κ3) is 3.17. The van der Waals surface area contributed by atoms with E-state index in [1.54, 1.807) is 17.0 Å². The molecule has 1 aromatic rings. The zero-order valence-corrected chi connectivity index (χ0v) is 11.2. The fraction of sp³-hybridized carbons (Fsp3) is 0.308. The minimum Gasteiger partial charge on any atom is -0.391 e. The number of aliphatic hydroxyl groups is 1. The van der Waals surface area contributed by atoms with Crippen molar-refractivity contribution in [1.82, 2.24) is 4.90 Å². The predicted octanol–water partition coefficient (Wildman–Crippen LogP) is 2.19. The first-order valence-electron chi connectivity index (χ1n) is 5.66. The van der Waals surface area contributed by atoms with E-state index in [4.69, 9.17) is 0 Å². The molecule has 0 saturated carbocycles. The number of hydrogen-bond acceptors (Lipinski definition) is 2. The number of aliphatic hydroxyl groups excluding tert-OH is 1. The second-order valence-corrected chi connectivity index (χ2v) is 5.14. The van der Waals surface area contributed by atoms with Crippen molar-refractivity contribution in [2.45, 2.75) is 12.5 Å². The largest absolute Gasteiger partial charge is 0.391 e. The Morgan fingerprint density at radius 1 is 1.56 bits per heavy atom. The Hall–Kier alpha value is -1.20. The van der Waals surface area contributed by atoms with Gasteiger partial charge in [0.05, 0.1) is 6.10 Å². The van der Waals surface area contributed by atoms with E-state index in [1.807, 2.05) is 0 Å². The predicted molar refractivity (Wildman–Crippen MR) is 70.3 cm³/mol. The summed E-state index contributed by atoms with van der Waals surface area (Å²) in [6.45, 7) is 0.898. The number of carbonyl (C=O) groups is 1. The summed E-state index contributed by atoms with van der Waals surface area (Å²) in [7, 11) is 0. The maximum atomic E-state index is 13.4. The van der Waals surface area contributed by atoms with Crippen LogP contribution in [0, 0.1) is 5.82 Å². The van der Waals surface area contributed by atoms with Crippen molar-refractivity contribution >= 4 is 27.9 Å². The molecule has 5 heteroatoms. The first-order chi connectivity index (χ1) is 8.56. The number of amides is 1. The first-order valence-corrected chi connectivity index (χ1v) is 6.45. The molecule has 3 nitrogen and oxygen atoms in total. The number of benzene rings is 1. The van der Waals surface area contributed by atoms with Crippen molar-refractivity contribution in [3.05, 3.63) is 40.1 Å². The minimum absolute atomic E-state index is 0.203. The van der Waals surface area contributed by atoms with Crippen molar-refractivity contribution in [3.63, 3.8) is 0 Å². The highest BCUT2D eigenvalue weighted by Crippen LogP contribution is 2.17. The molecule has 1 atom stereocenters. The average molecular weight is 314 g/mol. The lowest BCUT2D eigenvalue weighted by atomic mass is 10.2. The Balaban J connectivity index is 2.06. The van der Waals surface area contributed by atoms with Gasteiger partial charge in [0.25, 0.3) is 0 Å². The van der Waals surface area contributed by atoms with E-state index < -0.39 is 6.10 Å². The molecule has 1 aromatic carbocycles. The molecule has 0 aliphatic carbocycles. The maximum Gasteiger partial charge on any atom is 0.246 e. The third-order valence-electron chi connectivity index (χ3n) is 2.84. The molecule has 96 valence electrons. The second-order valence-electron chi connectivity index (χ2n) is 4.23. The van der Waals surface area contributed by atoms with E-state index in [2.05, 4.69) is 15.9 Å². The smallest absolute Gasteiger partial charge is 0.246 e. The van der Waals surface area contributed by atoms with Crippen LogP contribution in [-0.4, -0.2) is 35.1 Å². The van der Waals surface area contributed by atoms with Crippen LogP contribution in [0.25, 0.3) is 6.08 Å². The summed E-state index contributed by atoms with van der Waals surface area (Å²) in [4.78, 5) is 13.3. The molecule has 1 aliphatic rings. The number of hydrogen-bond donors (Lipinski definition) is 1. The Bertz CT molecular complexity index is 490. The van der Waals surface area contributed by atoms with Crippen molar-refractivity contribution in [3.8, 4) is 0 Å². The van der Waals surface area contributed by atoms with E-state index in [0.29, 0.717) is 25.1 Å². The summed E-state index contributed by atoms with van der Waals surface area (Å²) in [5.74, 6) is -0.574. The highest BCUT2D eigenvalue weighted by Gasteiger charge is 2.22. The molecule has 0 aromatic heterocycles. The number of likely N-dealkylation sites (tertiary alicyclic amines) is 1. The van der Waals surface area contributed by atoms with Crippen molar-refractivity contribution in [2.75, 3.05) is 13.1 Å². The van der Waals surface area contributed by atoms with Gasteiger partial charge < -0.3 is 10.0 Å². The summed E-state index contributed by atoms with van der Waals surface area (Å²) in [5, 5.41) is 9.33. The van der Waals surface area contributed by atoms with Gasteiger partial charge in [0.2, 0.25) is 5.91 Å². The molecular formula is C13H13BrFNO2. The summed E-state index contributed by atoms with van der Waals surface area (Å²) in [6, 6.07) is 4.55. The van der Waals surface area contributed by atoms with Gasteiger partial charge in [-0.1, -0.05) is 15.9 Å². The minimum atomic E-state index is -0.440. The molecule has 2 rings (SSSR count). The monoisotopic (exact) mass is 313 g/mol. The molecule has 1 saturated heterocycles. The molecule has 1 heterocycles. The molecule has 18 heavy (non-hydrogen) atoms. The van der Waals surface area contributed by atoms with Crippen LogP contribution in [0.15, 0.2) is 28.7 Å². The lowest BCUT2D eigenvalue weighted by molar-refractivity contribution is -0.125. The van der Waals surface area contributed by atoms with E-state index in [0.717, 1.165) is 4.47 Å². The quantitative estimate of drug-likeness (QED) is 0.850. The topological polar surface area (TPSA) is 40.5 Å². The first kappa shape index (κ1) is 13.2. The van der Waals surface area contributed by atoms with Gasteiger partial charge in [0.15, 0.2) is 0 Å². The standard InChI is InChI=1S/C13H13BrFNO2/c14-10-2-3-12(15)9(7-10)1-4-13(18)16-6-5-11(17)8-16/h1-4,7,11,17H,5-6,8H2/t11-/m0/s1. The van der Waals surface area contributed by atoms with Gasteiger partial charge in [0.1, 0.15) is 5.82 Å². The second kappa shape index (κ2) is 5.63. The molecule has 0 radical (unpaired) electrons. The number of nitrogens with zero attached hydrogens (tertiary/aromatic N) is 1. The average Bonchev–Trinajstić information content (AvgIpc) is 2.77. The van der Waals surface area contributed by atoms with E-state index in [-0.39, 0.29) is 11.7 Å². The molecule has 1 aliphatic heterocycles. The Morgan fingerprint density at radius 3 is 3.00 bits per heavy atom. The van der Waals surface area contributed by atoms with Crippen LogP contribution in [0.2, 0.25) is 0 Å². The summed E-state index contributed by atoms with van der Waals surface area (Å²) in [6.07, 6.45) is 2.95. The Labute approximate surface area is 113 Å². The normalized spacial score (nSPS) is 19.7. The van der Waals surface area contributed by atoms with Crippen molar-refractivity contribution in [1.29, 1.82) is 0 Å². The van der Waals surface area contributed by atoms with Crippen LogP contribution in [0.1, 0.15) is 12.0 Å². The lowest BCUT2D eigenvalue weighted by Gasteiger charge is -2.12. The molecule has 0 bridgehead atoms. The molecule has 1 amide bonds. The number of carbonyl (C=O) groups excluding carboxylic acids is 1. The van der Waals surface area contributed by atoms with Crippen molar-refractivity contribution in [2.24, 2.45) is 0 Å². The number of rotatable bonds is 2. The number of halogens is 2. The third-order valence-corrected chi connectivity index (χ3v) is 3.33. The molecular weight excluding hydrogens is 301 g/mol. The zero-order chi connectivity index (χ0) is 13.1. The highest BCUT2D eigenvalue weighted by atomic mass is 79.9. The van der Waals surface area contributed by atoms with Crippen LogP contribution in [0.3, 0.4) is 0 Å². The fourth-order valence-electron chi connectivity index (χ4n) is 1.85. The van der Waals surface area contributed by atoms with Gasteiger partial charge in [-0.2, -0.15) is 0 Å². The van der Waals surface area contributed by atoms with Gasteiger partial charge in [-0.05, 0) is 30.7 Å². The SMILES string of the molecule is O=C(C=Cc1cc(Br)ccc1F)N1CC[C@H](O)C1. The summed E-state index contributed by atoms with van der Waals surface area (Å²) >= 11 is 3.25. The van der Waals surface area contributed by atoms with Crippen LogP contribution < -0.4 is 0 Å². The fourth-order valence-corrected chi connectivity index (χ4v) is 2.23. The highest BCUT2D eigenvalue weighted by molar-refractivity contribution is 9.10. The summed E-state index contributed by atoms with van der Waals surface area (Å²) < 4.78 is 14.2. The van der Waals surface area contributed by atoms with E-state index >= 15 is 0 Å². The molecule has 0 unspecified atom stereocenters.